The third-order valence-corrected chi connectivity index (χ3v) is 1.25. The van der Waals surface area contributed by atoms with Gasteiger partial charge < -0.3 is 0 Å². The quantitative estimate of drug-likeness (QED) is 0.214. The van der Waals surface area contributed by atoms with Crippen molar-refractivity contribution in [3.05, 3.63) is 20.2 Å². The van der Waals surface area contributed by atoms with Gasteiger partial charge in [0.1, 0.15) is 9.85 Å². The van der Waals surface area contributed by atoms with Gasteiger partial charge in [-0.15, -0.1) is 0 Å². The van der Waals surface area contributed by atoms with Crippen LogP contribution in [0.25, 0.3) is 0 Å². The number of nitrogens with zero attached hydrogens (tertiary/aromatic N) is 2. The van der Waals surface area contributed by atoms with Gasteiger partial charge in [0.15, 0.2) is 0 Å². The summed E-state index contributed by atoms with van der Waals surface area (Å²) in [4.78, 5) is 17.5. The molecule has 0 spiro atoms. The van der Waals surface area contributed by atoms with Crippen LogP contribution in [0.5, 0.6) is 0 Å². The number of halogens is 1. The van der Waals surface area contributed by atoms with E-state index < -0.39 is 14.4 Å². The van der Waals surface area contributed by atoms with Gasteiger partial charge in [-0.25, -0.2) is 0 Å². The molecule has 6 nitrogen and oxygen atoms in total. The fourth-order valence-corrected chi connectivity index (χ4v) is 0.0667. The van der Waals surface area contributed by atoms with Crippen molar-refractivity contribution >= 4 is 15.9 Å². The van der Waals surface area contributed by atoms with Crippen molar-refractivity contribution in [3.63, 3.8) is 0 Å². The molecule has 0 bridgehead atoms. The van der Waals surface area contributed by atoms with E-state index in [0.29, 0.717) is 0 Å². The zero-order valence-corrected chi connectivity index (χ0v) is 5.99. The summed E-state index contributed by atoms with van der Waals surface area (Å²) in [6.45, 7) is 0.854. The molecule has 0 atom stereocenters. The molecule has 0 amide bonds. The Balaban J connectivity index is 4.38. The predicted molar refractivity (Wildman–Crippen MR) is 31.3 cm³/mol. The highest BCUT2D eigenvalue weighted by Crippen LogP contribution is 2.17. The molecule has 0 saturated heterocycles. The lowest BCUT2D eigenvalue weighted by molar-refractivity contribution is -0.753. The monoisotopic (exact) mass is 198 g/mol. The Bertz CT molecular complexity index is 139. The Kier molecular flexibility index (Phi) is 2.08. The van der Waals surface area contributed by atoms with Gasteiger partial charge in [0.25, 0.3) is 0 Å². The molecule has 0 rings (SSSR count). The van der Waals surface area contributed by atoms with Crippen LogP contribution < -0.4 is 0 Å². The number of rotatable bonds is 2. The lowest BCUT2D eigenvalue weighted by atomic mass is 10.6. The standard InChI is InChI=1S/C2H3BrN2O4/c1-2(3,4(6)7)5(8)9/h1H3. The van der Waals surface area contributed by atoms with Crippen LogP contribution in [0.3, 0.4) is 0 Å². The molecular weight excluding hydrogens is 196 g/mol. The van der Waals surface area contributed by atoms with Crippen LogP contribution >= 0.6 is 15.9 Å². The summed E-state index contributed by atoms with van der Waals surface area (Å²) in [7, 11) is 0. The zero-order valence-electron chi connectivity index (χ0n) is 4.41. The molecule has 0 aromatic heterocycles. The van der Waals surface area contributed by atoms with Gasteiger partial charge in [-0.05, 0) is 0 Å². The molecule has 0 aliphatic carbocycles. The second kappa shape index (κ2) is 2.26. The van der Waals surface area contributed by atoms with Gasteiger partial charge in [-0.3, -0.25) is 20.2 Å². The minimum Gasteiger partial charge on any atom is -0.258 e. The molecule has 0 aliphatic rings. The molecule has 0 radical (unpaired) electrons. The van der Waals surface area contributed by atoms with E-state index >= 15 is 0 Å². The minimum atomic E-state index is -2.24. The van der Waals surface area contributed by atoms with Crippen molar-refractivity contribution in [1.82, 2.24) is 0 Å². The summed E-state index contributed by atoms with van der Waals surface area (Å²) >= 11 is 2.31. The van der Waals surface area contributed by atoms with Crippen molar-refractivity contribution in [2.45, 2.75) is 11.5 Å². The maximum absolute atomic E-state index is 9.78. The number of hydrogen-bond donors (Lipinski definition) is 0. The molecule has 9 heavy (non-hydrogen) atoms. The fourth-order valence-electron chi connectivity index (χ4n) is 0.0667. The average Bonchev–Trinajstić information content (AvgIpc) is 1.65. The summed E-state index contributed by atoms with van der Waals surface area (Å²) in [5.74, 6) is 0. The summed E-state index contributed by atoms with van der Waals surface area (Å²) in [5, 5.41) is 19.6. The predicted octanol–water partition coefficient (Wildman–Crippen LogP) is 0.608. The van der Waals surface area contributed by atoms with Crippen molar-refractivity contribution in [2.24, 2.45) is 0 Å². The van der Waals surface area contributed by atoms with E-state index in [9.17, 15) is 20.2 Å². The fraction of sp³-hybridized carbons (Fsp3) is 1.00. The molecule has 0 heterocycles. The van der Waals surface area contributed by atoms with E-state index in [0.717, 1.165) is 6.92 Å². The molecule has 0 fully saturated rings. The molecule has 0 N–H and O–H groups in total. The van der Waals surface area contributed by atoms with Gasteiger partial charge in [0.05, 0.1) is 22.9 Å². The Hall–Kier alpha value is -0.720. The van der Waals surface area contributed by atoms with Crippen LogP contribution in [0.2, 0.25) is 0 Å². The first-order valence-corrected chi connectivity index (χ1v) is 2.66. The molecule has 0 saturated carbocycles. The number of alkyl halides is 1. The Morgan fingerprint density at radius 1 is 1.33 bits per heavy atom. The summed E-state index contributed by atoms with van der Waals surface area (Å²) in [6.07, 6.45) is 0. The van der Waals surface area contributed by atoms with Crippen LogP contribution in [0.1, 0.15) is 6.92 Å². The van der Waals surface area contributed by atoms with Gasteiger partial charge in [0.2, 0.25) is 0 Å². The average molecular weight is 199 g/mol. The van der Waals surface area contributed by atoms with E-state index in [-0.39, 0.29) is 0 Å². The third-order valence-electron chi connectivity index (χ3n) is 0.666. The first-order valence-electron chi connectivity index (χ1n) is 1.87. The van der Waals surface area contributed by atoms with Crippen molar-refractivity contribution < 1.29 is 9.85 Å². The van der Waals surface area contributed by atoms with Crippen molar-refractivity contribution in [2.75, 3.05) is 0 Å². The normalized spacial score (nSPS) is 10.9. The topological polar surface area (TPSA) is 86.3 Å². The molecule has 0 unspecified atom stereocenters. The highest BCUT2D eigenvalue weighted by atomic mass is 79.9. The largest absolute Gasteiger partial charge is 0.508 e. The highest BCUT2D eigenvalue weighted by Gasteiger charge is 2.47. The Morgan fingerprint density at radius 3 is 1.56 bits per heavy atom. The van der Waals surface area contributed by atoms with E-state index in [1.54, 1.807) is 0 Å². The minimum absolute atomic E-state index is 0.854. The molecule has 52 valence electrons. The van der Waals surface area contributed by atoms with Gasteiger partial charge in [-0.1, -0.05) is 0 Å². The van der Waals surface area contributed by atoms with Crippen LogP contribution in [-0.4, -0.2) is 14.4 Å². The van der Waals surface area contributed by atoms with Crippen molar-refractivity contribution in [1.29, 1.82) is 0 Å². The highest BCUT2D eigenvalue weighted by molar-refractivity contribution is 9.09. The van der Waals surface area contributed by atoms with E-state index in [1.807, 2.05) is 0 Å². The SMILES string of the molecule is CC(Br)([N+](=O)[O-])[N+](=O)[O-]. The summed E-state index contributed by atoms with van der Waals surface area (Å²) in [6, 6.07) is 0. The Labute approximate surface area is 58.3 Å². The van der Waals surface area contributed by atoms with Crippen LogP contribution in [-0.2, 0) is 0 Å². The zero-order chi connectivity index (χ0) is 7.65. The van der Waals surface area contributed by atoms with Crippen LogP contribution in [0.4, 0.5) is 0 Å². The summed E-state index contributed by atoms with van der Waals surface area (Å²) < 4.78 is -2.24. The maximum atomic E-state index is 9.78. The number of hydrogen-bond acceptors (Lipinski definition) is 4. The molecule has 7 heteroatoms. The lowest BCUT2D eigenvalue weighted by Crippen LogP contribution is -2.36. The second-order valence-electron chi connectivity index (χ2n) is 1.42. The smallest absolute Gasteiger partial charge is 0.258 e. The summed E-state index contributed by atoms with van der Waals surface area (Å²) in [5.41, 5.74) is 0. The second-order valence-corrected chi connectivity index (χ2v) is 2.92. The Morgan fingerprint density at radius 2 is 1.56 bits per heavy atom. The first-order chi connectivity index (χ1) is 3.89. The number of nitro groups is 2. The van der Waals surface area contributed by atoms with Crippen molar-refractivity contribution in [3.8, 4) is 0 Å². The molecule has 0 aromatic carbocycles. The van der Waals surface area contributed by atoms with E-state index in [2.05, 4.69) is 15.9 Å². The van der Waals surface area contributed by atoms with Crippen LogP contribution in [0.15, 0.2) is 0 Å². The van der Waals surface area contributed by atoms with E-state index in [1.165, 1.54) is 0 Å². The van der Waals surface area contributed by atoms with Gasteiger partial charge in [0, 0.05) is 0 Å². The first kappa shape index (κ1) is 8.28. The molecular formula is C2H3BrN2O4. The maximum Gasteiger partial charge on any atom is 0.508 e. The van der Waals surface area contributed by atoms with Gasteiger partial charge in [-0.2, -0.15) is 0 Å². The molecule has 0 aromatic rings. The van der Waals surface area contributed by atoms with Crippen LogP contribution in [0, 0.1) is 20.2 Å². The lowest BCUT2D eigenvalue weighted by Gasteiger charge is -2.01. The molecule has 0 aliphatic heterocycles. The third kappa shape index (κ3) is 1.60. The van der Waals surface area contributed by atoms with Gasteiger partial charge >= 0.3 is 4.57 Å². The van der Waals surface area contributed by atoms with E-state index in [4.69, 9.17) is 0 Å².